The van der Waals surface area contributed by atoms with Gasteiger partial charge in [0.25, 0.3) is 9.05 Å². The molecule has 9 heteroatoms. The van der Waals surface area contributed by atoms with E-state index >= 15 is 0 Å². The molecule has 0 heterocycles. The maximum absolute atomic E-state index is 13.3. The van der Waals surface area contributed by atoms with Crippen LogP contribution in [0.25, 0.3) is 0 Å². The van der Waals surface area contributed by atoms with Crippen molar-refractivity contribution in [2.75, 3.05) is 7.11 Å². The zero-order valence-electron chi connectivity index (χ0n) is 7.81. The van der Waals surface area contributed by atoms with Crippen LogP contribution in [0.2, 0.25) is 0 Å². The van der Waals surface area contributed by atoms with Crippen molar-refractivity contribution in [1.29, 1.82) is 0 Å². The second kappa shape index (κ2) is 4.22. The fourth-order valence-corrected chi connectivity index (χ4v) is 1.75. The molecule has 0 bridgehead atoms. The summed E-state index contributed by atoms with van der Waals surface area (Å²) in [6.45, 7) is 0. The zero-order chi connectivity index (χ0) is 12.5. The van der Waals surface area contributed by atoms with Gasteiger partial charge in [-0.1, -0.05) is 0 Å². The van der Waals surface area contributed by atoms with Gasteiger partial charge in [0, 0.05) is 22.8 Å². The van der Waals surface area contributed by atoms with E-state index in [9.17, 15) is 22.9 Å². The Morgan fingerprint density at radius 1 is 1.50 bits per heavy atom. The van der Waals surface area contributed by atoms with Gasteiger partial charge in [0.2, 0.25) is 5.82 Å². The molecule has 0 saturated carbocycles. The van der Waals surface area contributed by atoms with E-state index in [4.69, 9.17) is 10.7 Å². The maximum atomic E-state index is 13.3. The van der Waals surface area contributed by atoms with E-state index in [-0.39, 0.29) is 0 Å². The van der Waals surface area contributed by atoms with Gasteiger partial charge in [-0.05, 0) is 0 Å². The summed E-state index contributed by atoms with van der Waals surface area (Å²) in [4.78, 5) is 8.78. The summed E-state index contributed by atoms with van der Waals surface area (Å²) in [5.41, 5.74) is -1.02. The molecular formula is C7H5ClFNO5S. The summed E-state index contributed by atoms with van der Waals surface area (Å²) < 4.78 is 39.7. The van der Waals surface area contributed by atoms with E-state index < -0.39 is 36.1 Å². The molecule has 0 spiro atoms. The lowest BCUT2D eigenvalue weighted by molar-refractivity contribution is -0.387. The van der Waals surface area contributed by atoms with Gasteiger partial charge < -0.3 is 4.74 Å². The van der Waals surface area contributed by atoms with Crippen LogP contribution in [0.3, 0.4) is 0 Å². The summed E-state index contributed by atoms with van der Waals surface area (Å²) in [7, 11) is 1.85. The average Bonchev–Trinajstić information content (AvgIpc) is 2.15. The molecule has 16 heavy (non-hydrogen) atoms. The van der Waals surface area contributed by atoms with Crippen LogP contribution in [0.15, 0.2) is 17.0 Å². The van der Waals surface area contributed by atoms with Crippen LogP contribution < -0.4 is 4.74 Å². The van der Waals surface area contributed by atoms with Gasteiger partial charge >= 0.3 is 5.69 Å². The van der Waals surface area contributed by atoms with Gasteiger partial charge in [0.05, 0.1) is 16.9 Å². The van der Waals surface area contributed by atoms with Gasteiger partial charge in [0.1, 0.15) is 0 Å². The normalized spacial score (nSPS) is 11.2. The molecule has 1 aromatic carbocycles. The number of nitro groups is 1. The summed E-state index contributed by atoms with van der Waals surface area (Å²) in [5.74, 6) is -1.81. The minimum atomic E-state index is -4.19. The quantitative estimate of drug-likeness (QED) is 0.473. The Labute approximate surface area is 94.2 Å². The summed E-state index contributed by atoms with van der Waals surface area (Å²) in [5, 5.41) is 10.4. The Morgan fingerprint density at radius 3 is 2.44 bits per heavy atom. The summed E-state index contributed by atoms with van der Waals surface area (Å²) in [6, 6.07) is 1.30. The number of nitro benzene ring substituents is 1. The molecule has 0 aliphatic rings. The number of ether oxygens (including phenoxy) is 1. The number of hydrogen-bond acceptors (Lipinski definition) is 5. The van der Waals surface area contributed by atoms with Crippen LogP contribution in [-0.4, -0.2) is 20.5 Å². The number of methoxy groups -OCH3 is 1. The second-order valence-electron chi connectivity index (χ2n) is 2.65. The zero-order valence-corrected chi connectivity index (χ0v) is 9.38. The lowest BCUT2D eigenvalue weighted by Gasteiger charge is -2.04. The van der Waals surface area contributed by atoms with Gasteiger partial charge in [-0.3, -0.25) is 10.1 Å². The van der Waals surface area contributed by atoms with E-state index in [0.29, 0.717) is 6.07 Å². The number of benzene rings is 1. The fourth-order valence-electron chi connectivity index (χ4n) is 0.981. The predicted molar refractivity (Wildman–Crippen MR) is 52.6 cm³/mol. The van der Waals surface area contributed by atoms with E-state index in [1.54, 1.807) is 0 Å². The first-order valence-electron chi connectivity index (χ1n) is 3.74. The molecule has 6 nitrogen and oxygen atoms in total. The second-order valence-corrected chi connectivity index (χ2v) is 5.22. The first-order valence-corrected chi connectivity index (χ1v) is 6.05. The Morgan fingerprint density at radius 2 is 2.06 bits per heavy atom. The molecule has 0 amide bonds. The van der Waals surface area contributed by atoms with Crippen LogP contribution in [0.1, 0.15) is 0 Å². The highest BCUT2D eigenvalue weighted by Crippen LogP contribution is 2.31. The lowest BCUT2D eigenvalue weighted by Crippen LogP contribution is -2.00. The van der Waals surface area contributed by atoms with Crippen LogP contribution in [0, 0.1) is 15.9 Å². The maximum Gasteiger partial charge on any atom is 0.310 e. The predicted octanol–water partition coefficient (Wildman–Crippen LogP) is 1.67. The van der Waals surface area contributed by atoms with Crippen LogP contribution in [0.5, 0.6) is 5.75 Å². The number of nitrogens with zero attached hydrogens (tertiary/aromatic N) is 1. The first-order chi connectivity index (χ1) is 7.27. The van der Waals surface area contributed by atoms with Crippen molar-refractivity contribution in [2.24, 2.45) is 0 Å². The molecule has 0 aliphatic heterocycles. The molecule has 0 N–H and O–H groups in total. The number of halogens is 2. The van der Waals surface area contributed by atoms with Crippen molar-refractivity contribution >= 4 is 25.4 Å². The topological polar surface area (TPSA) is 86.5 Å². The third-order valence-corrected chi connectivity index (χ3v) is 3.02. The SMILES string of the molecule is COc1cc(S(=O)(=O)Cl)cc([N+](=O)[O-])c1F. The minimum Gasteiger partial charge on any atom is -0.493 e. The Bertz CT molecular complexity index is 544. The molecule has 0 atom stereocenters. The van der Waals surface area contributed by atoms with Crippen molar-refractivity contribution in [3.63, 3.8) is 0 Å². The van der Waals surface area contributed by atoms with Crippen molar-refractivity contribution in [1.82, 2.24) is 0 Å². The van der Waals surface area contributed by atoms with Gasteiger partial charge in [0.15, 0.2) is 5.75 Å². The van der Waals surface area contributed by atoms with Crippen molar-refractivity contribution in [2.45, 2.75) is 4.90 Å². The molecule has 0 unspecified atom stereocenters. The summed E-state index contributed by atoms with van der Waals surface area (Å²) >= 11 is 0. The molecule has 88 valence electrons. The monoisotopic (exact) mass is 269 g/mol. The lowest BCUT2D eigenvalue weighted by atomic mass is 10.3. The molecule has 0 fully saturated rings. The van der Waals surface area contributed by atoms with E-state index in [1.165, 1.54) is 0 Å². The molecule has 0 aliphatic carbocycles. The van der Waals surface area contributed by atoms with Gasteiger partial charge in [-0.15, -0.1) is 0 Å². The minimum absolute atomic E-state index is 0.528. The smallest absolute Gasteiger partial charge is 0.310 e. The van der Waals surface area contributed by atoms with Gasteiger partial charge in [-0.2, -0.15) is 4.39 Å². The molecule has 0 aromatic heterocycles. The Kier molecular flexibility index (Phi) is 3.34. The van der Waals surface area contributed by atoms with Crippen molar-refractivity contribution < 1.29 is 22.5 Å². The van der Waals surface area contributed by atoms with Crippen LogP contribution >= 0.6 is 10.7 Å². The fraction of sp³-hybridized carbons (Fsp3) is 0.143. The van der Waals surface area contributed by atoms with E-state index in [0.717, 1.165) is 13.2 Å². The number of rotatable bonds is 3. The molecule has 1 aromatic rings. The van der Waals surface area contributed by atoms with Gasteiger partial charge in [-0.25, -0.2) is 8.42 Å². The third kappa shape index (κ3) is 2.39. The molecule has 1 rings (SSSR count). The first kappa shape index (κ1) is 12.7. The number of hydrogen-bond donors (Lipinski definition) is 0. The molecule has 0 radical (unpaired) electrons. The average molecular weight is 270 g/mol. The highest BCUT2D eigenvalue weighted by Gasteiger charge is 2.24. The highest BCUT2D eigenvalue weighted by atomic mass is 35.7. The Balaban J connectivity index is 3.59. The molecule has 0 saturated heterocycles. The van der Waals surface area contributed by atoms with E-state index in [1.807, 2.05) is 0 Å². The largest absolute Gasteiger partial charge is 0.493 e. The highest BCUT2D eigenvalue weighted by molar-refractivity contribution is 8.13. The standard InChI is InChI=1S/C7H5ClFNO5S/c1-15-6-3-4(16(8,13)14)2-5(7(6)9)10(11)12/h2-3H,1H3. The van der Waals surface area contributed by atoms with E-state index in [2.05, 4.69) is 4.74 Å². The Hall–Kier alpha value is -1.41. The third-order valence-electron chi connectivity index (χ3n) is 1.69. The van der Waals surface area contributed by atoms with Crippen molar-refractivity contribution in [3.8, 4) is 5.75 Å². The molecular weight excluding hydrogens is 265 g/mol. The van der Waals surface area contributed by atoms with Crippen LogP contribution in [0.4, 0.5) is 10.1 Å². The van der Waals surface area contributed by atoms with Crippen LogP contribution in [-0.2, 0) is 9.05 Å². The summed E-state index contributed by atoms with van der Waals surface area (Å²) in [6.07, 6.45) is 0. The van der Waals surface area contributed by atoms with Crippen molar-refractivity contribution in [3.05, 3.63) is 28.1 Å².